The van der Waals surface area contributed by atoms with E-state index in [0.717, 1.165) is 50.0 Å². The normalized spacial score (nSPS) is 16.3. The molecule has 3 heterocycles. The molecule has 2 saturated carbocycles. The molecule has 16 heteroatoms. The van der Waals surface area contributed by atoms with Crippen molar-refractivity contribution in [1.29, 1.82) is 10.5 Å². The van der Waals surface area contributed by atoms with E-state index in [2.05, 4.69) is 31.5 Å². The summed E-state index contributed by atoms with van der Waals surface area (Å²) in [5, 5.41) is 30.1. The van der Waals surface area contributed by atoms with E-state index >= 15 is 0 Å². The third kappa shape index (κ3) is 8.53. The fourth-order valence-corrected chi connectivity index (χ4v) is 7.64. The largest absolute Gasteiger partial charge is 0.361 e. The molecule has 0 bridgehead atoms. The summed E-state index contributed by atoms with van der Waals surface area (Å²) in [5.41, 5.74) is 3.01. The quantitative estimate of drug-likeness (QED) is 0.0818. The fraction of sp³-hybridized carbons (Fsp3) is 0.400. The van der Waals surface area contributed by atoms with Gasteiger partial charge < -0.3 is 13.9 Å². The molecule has 1 spiro atoms. The van der Waals surface area contributed by atoms with Gasteiger partial charge in [-0.2, -0.15) is 15.5 Å². The highest BCUT2D eigenvalue weighted by Gasteiger charge is 2.59. The number of aryl methyl sites for hydroxylation is 2. The number of aromatic nitrogens is 2. The zero-order valence-electron chi connectivity index (χ0n) is 31.4. The Morgan fingerprint density at radius 2 is 1.54 bits per heavy atom. The Hall–Kier alpha value is -5.81. The third-order valence-electron chi connectivity index (χ3n) is 10.3. The van der Waals surface area contributed by atoms with Gasteiger partial charge in [-0.25, -0.2) is 19.3 Å². The van der Waals surface area contributed by atoms with Gasteiger partial charge in [0.2, 0.25) is 6.08 Å². The first kappa shape index (κ1) is 41.4. The Morgan fingerprint density at radius 3 is 2.09 bits per heavy atom. The molecule has 0 unspecified atom stereocenters. The summed E-state index contributed by atoms with van der Waals surface area (Å²) < 4.78 is 10.1. The van der Waals surface area contributed by atoms with Crippen LogP contribution in [0.25, 0.3) is 4.85 Å². The van der Waals surface area contributed by atoms with Crippen molar-refractivity contribution in [3.8, 4) is 12.1 Å². The maximum Gasteiger partial charge on any atom is 0.332 e. The van der Waals surface area contributed by atoms with Gasteiger partial charge in [0.15, 0.2) is 5.69 Å². The highest BCUT2D eigenvalue weighted by Crippen LogP contribution is 2.45. The minimum Gasteiger partial charge on any atom is -0.361 e. The molecule has 0 atom stereocenters. The lowest BCUT2D eigenvalue weighted by molar-refractivity contribution is -0.124. The molecular weight excluding hydrogens is 757 g/mol. The number of hydrogen-bond donors (Lipinski definition) is 1. The molecule has 14 nitrogen and oxygen atoms in total. The Morgan fingerprint density at radius 1 is 0.911 bits per heavy atom. The van der Waals surface area contributed by atoms with Gasteiger partial charge in [-0.05, 0) is 82.7 Å². The van der Waals surface area contributed by atoms with Crippen LogP contribution in [-0.2, 0) is 22.7 Å². The average molecular weight is 797 g/mol. The number of nitrogens with one attached hydrogen (secondary N) is 1. The Balaban J connectivity index is 0.000000180. The topological polar surface area (TPSA) is 186 Å². The second-order valence-electron chi connectivity index (χ2n) is 13.9. The zero-order valence-corrected chi connectivity index (χ0v) is 32.9. The summed E-state index contributed by atoms with van der Waals surface area (Å²) in [6.07, 6.45) is 8.57. The van der Waals surface area contributed by atoms with Gasteiger partial charge in [-0.3, -0.25) is 10.1 Å². The molecule has 0 radical (unpaired) electrons. The lowest BCUT2D eigenvalue weighted by atomic mass is 9.95. The minimum atomic E-state index is -0.864. The maximum atomic E-state index is 13.5. The first-order valence-electron chi connectivity index (χ1n) is 17.9. The molecule has 3 fully saturated rings. The molecule has 1 N–H and O–H groups in total. The van der Waals surface area contributed by atoms with Crippen LogP contribution in [-0.4, -0.2) is 44.3 Å². The summed E-state index contributed by atoms with van der Waals surface area (Å²) in [6, 6.07) is 13.9. The number of anilines is 1. The van der Waals surface area contributed by atoms with Crippen LogP contribution in [0.1, 0.15) is 91.0 Å². The number of isocyanates is 1. The van der Waals surface area contributed by atoms with Crippen LogP contribution < -0.4 is 10.2 Å². The number of benzene rings is 2. The molecule has 1 aliphatic heterocycles. The van der Waals surface area contributed by atoms with E-state index in [9.17, 15) is 19.6 Å². The number of halogens is 2. The molecular formula is C40H39Cl2N9O5. The van der Waals surface area contributed by atoms with Crippen molar-refractivity contribution in [3.63, 3.8) is 0 Å². The van der Waals surface area contributed by atoms with Crippen molar-refractivity contribution >= 4 is 58.3 Å². The first-order valence-corrected chi connectivity index (χ1v) is 18.7. The SMILES string of the molecule is Cc1cc(CN2C(=O)N(c3ccc(C#N)c(Cl)c3C)C(=O)C23CCCC3)no1.Cc1cc(CNC2(C#N)CCCC2)no1.[C-]#[N+]c1ccc(N=C=O)c(Cl)c1C. The molecule has 2 aromatic carbocycles. The van der Waals surface area contributed by atoms with E-state index < -0.39 is 11.6 Å². The average Bonchev–Trinajstić information content (AvgIpc) is 4.05. The molecule has 3 aliphatic rings. The van der Waals surface area contributed by atoms with Crippen molar-refractivity contribution in [2.24, 2.45) is 4.99 Å². The minimum absolute atomic E-state index is 0.210. The van der Waals surface area contributed by atoms with E-state index in [0.29, 0.717) is 69.6 Å². The Bertz CT molecular complexity index is 2300. The predicted octanol–water partition coefficient (Wildman–Crippen LogP) is 9.17. The third-order valence-corrected chi connectivity index (χ3v) is 11.2. The monoisotopic (exact) mass is 795 g/mol. The summed E-state index contributed by atoms with van der Waals surface area (Å²) in [7, 11) is 0. The Labute approximate surface area is 334 Å². The van der Waals surface area contributed by atoms with Crippen molar-refractivity contribution in [1.82, 2.24) is 20.5 Å². The van der Waals surface area contributed by atoms with Gasteiger partial charge in [-0.15, -0.1) is 0 Å². The second kappa shape index (κ2) is 17.8. The van der Waals surface area contributed by atoms with E-state index in [1.807, 2.05) is 19.1 Å². The predicted molar refractivity (Wildman–Crippen MR) is 207 cm³/mol. The van der Waals surface area contributed by atoms with Crippen LogP contribution in [0.3, 0.4) is 0 Å². The molecule has 3 amide bonds. The van der Waals surface area contributed by atoms with E-state index in [-0.39, 0.29) is 23.0 Å². The highest BCUT2D eigenvalue weighted by atomic mass is 35.5. The summed E-state index contributed by atoms with van der Waals surface area (Å²) in [5.74, 6) is 1.23. The van der Waals surface area contributed by atoms with E-state index in [4.69, 9.17) is 44.1 Å². The summed E-state index contributed by atoms with van der Waals surface area (Å²) in [6.45, 7) is 14.7. The number of carbonyl (C=O) groups is 2. The zero-order chi connectivity index (χ0) is 40.6. The van der Waals surface area contributed by atoms with Crippen molar-refractivity contribution in [2.75, 3.05) is 4.90 Å². The second-order valence-corrected chi connectivity index (χ2v) is 14.7. The standard InChI is InChI=1S/C20H19ClN4O3.C11H15N3O.C9H5ClN2O/c1-12-9-15(23-28-12)11-24-19(27)25(18(26)20(24)7-3-4-8-20)16-6-5-14(10-22)17(21)13(16)2;1-9-6-10(14-15-9)7-13-11(8-12)4-2-3-5-11;1-6-7(11-2)3-4-8(9(6)10)12-5-13/h5-6,9H,3-4,7-8,11H2,1-2H3;6,13H,2-5,7H2,1H3;3-4H,1H3. The number of nitrogens with zero attached hydrogens (tertiary/aromatic N) is 8. The molecule has 7 rings (SSSR count). The van der Waals surface area contributed by atoms with Crippen LogP contribution in [0, 0.1) is 56.9 Å². The lowest BCUT2D eigenvalue weighted by Gasteiger charge is -2.30. The molecule has 288 valence electrons. The van der Waals surface area contributed by atoms with Gasteiger partial charge in [-0.1, -0.05) is 65.3 Å². The molecule has 56 heavy (non-hydrogen) atoms. The van der Waals surface area contributed by atoms with Gasteiger partial charge in [0.05, 0.1) is 51.9 Å². The Kier molecular flexibility index (Phi) is 13.1. The van der Waals surface area contributed by atoms with Crippen LogP contribution in [0.4, 0.5) is 21.9 Å². The number of carbonyl (C=O) groups excluding carboxylic acids is 3. The maximum absolute atomic E-state index is 13.5. The lowest BCUT2D eigenvalue weighted by Crippen LogP contribution is -2.47. The number of imide groups is 1. The van der Waals surface area contributed by atoms with Gasteiger partial charge in [0.1, 0.15) is 34.4 Å². The molecule has 2 aliphatic carbocycles. The van der Waals surface area contributed by atoms with Gasteiger partial charge in [0.25, 0.3) is 5.91 Å². The van der Waals surface area contributed by atoms with Crippen molar-refractivity contribution in [2.45, 2.75) is 103 Å². The number of hydrogen-bond acceptors (Lipinski definition) is 11. The van der Waals surface area contributed by atoms with Gasteiger partial charge in [0, 0.05) is 18.7 Å². The van der Waals surface area contributed by atoms with Crippen LogP contribution in [0.15, 0.2) is 50.4 Å². The van der Waals surface area contributed by atoms with Crippen LogP contribution >= 0.6 is 23.2 Å². The smallest absolute Gasteiger partial charge is 0.332 e. The molecule has 4 aromatic rings. The molecule has 1 saturated heterocycles. The molecule has 2 aromatic heterocycles. The van der Waals surface area contributed by atoms with E-state index in [1.165, 1.54) is 23.1 Å². The fourth-order valence-electron chi connectivity index (χ4n) is 7.23. The summed E-state index contributed by atoms with van der Waals surface area (Å²) in [4.78, 5) is 46.3. The summed E-state index contributed by atoms with van der Waals surface area (Å²) >= 11 is 12.1. The number of urea groups is 1. The van der Waals surface area contributed by atoms with E-state index in [1.54, 1.807) is 43.9 Å². The van der Waals surface area contributed by atoms with Crippen molar-refractivity contribution in [3.05, 3.63) is 97.5 Å². The number of rotatable bonds is 7. The number of amides is 3. The van der Waals surface area contributed by atoms with Crippen molar-refractivity contribution < 1.29 is 23.4 Å². The highest BCUT2D eigenvalue weighted by molar-refractivity contribution is 6.34. The van der Waals surface area contributed by atoms with Crippen LogP contribution in [0.5, 0.6) is 0 Å². The van der Waals surface area contributed by atoms with Gasteiger partial charge >= 0.3 is 6.03 Å². The first-order chi connectivity index (χ1) is 26.8. The van der Waals surface area contributed by atoms with Crippen LogP contribution in [0.2, 0.25) is 10.0 Å². The number of nitriles is 2. The number of aliphatic imine (C=N–C) groups is 1.